The van der Waals surface area contributed by atoms with Crippen molar-refractivity contribution >= 4 is 0 Å². The third kappa shape index (κ3) is 0.700. The van der Waals surface area contributed by atoms with Crippen LogP contribution in [0.1, 0.15) is 19.8 Å². The SMILES string of the molecule is C[C@@]12CC1O[C@H](CO)C2. The fourth-order valence-electron chi connectivity index (χ4n) is 1.70. The van der Waals surface area contributed by atoms with Crippen LogP contribution in [0.15, 0.2) is 0 Å². The average molecular weight is 128 g/mol. The standard InChI is InChI=1S/C7H12O2/c1-7-2-5(4-8)9-6(7)3-7/h5-6,8H,2-4H2,1H3/t5-,6?,7+/m0/s1. The molecule has 1 unspecified atom stereocenters. The number of rotatable bonds is 1. The number of aliphatic hydroxyl groups is 1. The highest BCUT2D eigenvalue weighted by atomic mass is 16.5. The zero-order chi connectivity index (χ0) is 6.48. The Morgan fingerprint density at radius 2 is 2.44 bits per heavy atom. The summed E-state index contributed by atoms with van der Waals surface area (Å²) in [6.07, 6.45) is 2.90. The van der Waals surface area contributed by atoms with Crippen molar-refractivity contribution < 1.29 is 9.84 Å². The summed E-state index contributed by atoms with van der Waals surface area (Å²) >= 11 is 0. The summed E-state index contributed by atoms with van der Waals surface area (Å²) in [5.74, 6) is 0. The smallest absolute Gasteiger partial charge is 0.0815 e. The van der Waals surface area contributed by atoms with E-state index in [0.29, 0.717) is 11.5 Å². The summed E-state index contributed by atoms with van der Waals surface area (Å²) in [5, 5.41) is 8.69. The first-order valence-corrected chi connectivity index (χ1v) is 3.51. The monoisotopic (exact) mass is 128 g/mol. The van der Waals surface area contributed by atoms with Crippen molar-refractivity contribution in [1.29, 1.82) is 0 Å². The Bertz CT molecular complexity index is 135. The molecule has 1 aliphatic heterocycles. The van der Waals surface area contributed by atoms with E-state index in [1.54, 1.807) is 0 Å². The van der Waals surface area contributed by atoms with E-state index in [4.69, 9.17) is 9.84 Å². The third-order valence-electron chi connectivity index (χ3n) is 2.52. The second kappa shape index (κ2) is 1.50. The van der Waals surface area contributed by atoms with Gasteiger partial charge in [0, 0.05) is 0 Å². The maximum Gasteiger partial charge on any atom is 0.0815 e. The average Bonchev–Trinajstić information content (AvgIpc) is 2.33. The molecule has 2 heteroatoms. The third-order valence-corrected chi connectivity index (χ3v) is 2.52. The lowest BCUT2D eigenvalue weighted by Crippen LogP contribution is -2.13. The van der Waals surface area contributed by atoms with Gasteiger partial charge < -0.3 is 9.84 Å². The first-order valence-electron chi connectivity index (χ1n) is 3.51. The highest BCUT2D eigenvalue weighted by Crippen LogP contribution is 2.57. The van der Waals surface area contributed by atoms with Crippen LogP contribution in [0.5, 0.6) is 0 Å². The van der Waals surface area contributed by atoms with Crippen LogP contribution in [-0.4, -0.2) is 23.9 Å². The first kappa shape index (κ1) is 5.69. The molecule has 2 fully saturated rings. The molecule has 52 valence electrons. The molecule has 2 aliphatic rings. The quantitative estimate of drug-likeness (QED) is 0.558. The van der Waals surface area contributed by atoms with Gasteiger partial charge in [-0.2, -0.15) is 0 Å². The first-order chi connectivity index (χ1) is 4.24. The van der Waals surface area contributed by atoms with Crippen molar-refractivity contribution in [2.45, 2.75) is 32.0 Å². The summed E-state index contributed by atoms with van der Waals surface area (Å²) in [5.41, 5.74) is 0.452. The Kier molecular flexibility index (Phi) is 0.945. The molecule has 0 aromatic carbocycles. The van der Waals surface area contributed by atoms with Crippen LogP contribution >= 0.6 is 0 Å². The topological polar surface area (TPSA) is 29.5 Å². The molecule has 1 heterocycles. The van der Waals surface area contributed by atoms with Crippen LogP contribution in [0.2, 0.25) is 0 Å². The summed E-state index contributed by atoms with van der Waals surface area (Å²) in [7, 11) is 0. The predicted molar refractivity (Wildman–Crippen MR) is 33.1 cm³/mol. The summed E-state index contributed by atoms with van der Waals surface area (Å²) in [6.45, 7) is 2.43. The van der Waals surface area contributed by atoms with Gasteiger partial charge in [0.05, 0.1) is 18.8 Å². The van der Waals surface area contributed by atoms with Gasteiger partial charge in [0.2, 0.25) is 0 Å². The molecule has 2 rings (SSSR count). The Hall–Kier alpha value is -0.0800. The van der Waals surface area contributed by atoms with E-state index in [2.05, 4.69) is 6.92 Å². The van der Waals surface area contributed by atoms with Crippen LogP contribution in [0, 0.1) is 5.41 Å². The van der Waals surface area contributed by atoms with Gasteiger partial charge in [-0.15, -0.1) is 0 Å². The van der Waals surface area contributed by atoms with E-state index in [0.717, 1.165) is 6.42 Å². The maximum atomic E-state index is 8.69. The number of hydrogen-bond donors (Lipinski definition) is 1. The molecule has 1 N–H and O–H groups in total. The summed E-state index contributed by atoms with van der Waals surface area (Å²) < 4.78 is 5.44. The Balaban J connectivity index is 1.98. The molecule has 0 bridgehead atoms. The zero-order valence-electron chi connectivity index (χ0n) is 5.63. The van der Waals surface area contributed by atoms with E-state index in [1.807, 2.05) is 0 Å². The second-order valence-corrected chi connectivity index (χ2v) is 3.49. The molecule has 0 aromatic rings. The molecular weight excluding hydrogens is 116 g/mol. The van der Waals surface area contributed by atoms with Gasteiger partial charge in [0.1, 0.15) is 0 Å². The van der Waals surface area contributed by atoms with E-state index in [9.17, 15) is 0 Å². The molecule has 0 aromatic heterocycles. The van der Waals surface area contributed by atoms with Gasteiger partial charge in [-0.3, -0.25) is 0 Å². The maximum absolute atomic E-state index is 8.69. The van der Waals surface area contributed by atoms with Crippen LogP contribution < -0.4 is 0 Å². The Labute approximate surface area is 54.8 Å². The molecule has 0 spiro atoms. The second-order valence-electron chi connectivity index (χ2n) is 3.49. The van der Waals surface area contributed by atoms with Crippen molar-refractivity contribution in [2.24, 2.45) is 5.41 Å². The minimum Gasteiger partial charge on any atom is -0.394 e. The lowest BCUT2D eigenvalue weighted by atomic mass is 10.0. The molecule has 1 saturated carbocycles. The highest BCUT2D eigenvalue weighted by molar-refractivity contribution is 5.06. The van der Waals surface area contributed by atoms with Crippen molar-refractivity contribution in [1.82, 2.24) is 0 Å². The van der Waals surface area contributed by atoms with Crippen LogP contribution in [-0.2, 0) is 4.74 Å². The van der Waals surface area contributed by atoms with E-state index < -0.39 is 0 Å². The van der Waals surface area contributed by atoms with Gasteiger partial charge in [-0.25, -0.2) is 0 Å². The molecule has 0 amide bonds. The molecular formula is C7H12O2. The van der Waals surface area contributed by atoms with Gasteiger partial charge in [-0.1, -0.05) is 6.92 Å². The van der Waals surface area contributed by atoms with Crippen LogP contribution in [0.3, 0.4) is 0 Å². The molecule has 0 radical (unpaired) electrons. The number of fused-ring (bicyclic) bond motifs is 1. The minimum atomic E-state index is 0.147. The fourth-order valence-corrected chi connectivity index (χ4v) is 1.70. The van der Waals surface area contributed by atoms with E-state index >= 15 is 0 Å². The summed E-state index contributed by atoms with van der Waals surface area (Å²) in [4.78, 5) is 0. The molecule has 1 saturated heterocycles. The zero-order valence-corrected chi connectivity index (χ0v) is 5.63. The lowest BCUT2D eigenvalue weighted by Gasteiger charge is -2.07. The van der Waals surface area contributed by atoms with Crippen molar-refractivity contribution in [3.63, 3.8) is 0 Å². The van der Waals surface area contributed by atoms with Crippen molar-refractivity contribution in [2.75, 3.05) is 6.61 Å². The van der Waals surface area contributed by atoms with Gasteiger partial charge in [0.15, 0.2) is 0 Å². The van der Waals surface area contributed by atoms with E-state index in [1.165, 1.54) is 6.42 Å². The predicted octanol–water partition coefficient (Wildman–Crippen LogP) is 0.546. The molecule has 2 nitrogen and oxygen atoms in total. The normalized spacial score (nSPS) is 55.3. The lowest BCUT2D eigenvalue weighted by molar-refractivity contribution is 0.0305. The molecule has 9 heavy (non-hydrogen) atoms. The minimum absolute atomic E-state index is 0.147. The van der Waals surface area contributed by atoms with Gasteiger partial charge in [0.25, 0.3) is 0 Å². The number of aliphatic hydroxyl groups excluding tert-OH is 1. The van der Waals surface area contributed by atoms with Crippen LogP contribution in [0.25, 0.3) is 0 Å². The fraction of sp³-hybridized carbons (Fsp3) is 1.00. The Morgan fingerprint density at radius 1 is 1.67 bits per heavy atom. The van der Waals surface area contributed by atoms with Crippen molar-refractivity contribution in [3.05, 3.63) is 0 Å². The molecule has 3 atom stereocenters. The van der Waals surface area contributed by atoms with Gasteiger partial charge >= 0.3 is 0 Å². The number of ether oxygens (including phenoxy) is 1. The summed E-state index contributed by atoms with van der Waals surface area (Å²) in [6, 6.07) is 0. The Morgan fingerprint density at radius 3 is 2.78 bits per heavy atom. The van der Waals surface area contributed by atoms with Gasteiger partial charge in [-0.05, 0) is 18.3 Å². The highest BCUT2D eigenvalue weighted by Gasteiger charge is 2.58. The number of hydrogen-bond acceptors (Lipinski definition) is 2. The van der Waals surface area contributed by atoms with E-state index in [-0.39, 0.29) is 12.7 Å². The molecule has 1 aliphatic carbocycles. The largest absolute Gasteiger partial charge is 0.394 e. The van der Waals surface area contributed by atoms with Crippen LogP contribution in [0.4, 0.5) is 0 Å². The van der Waals surface area contributed by atoms with Crippen molar-refractivity contribution in [3.8, 4) is 0 Å².